The highest BCUT2D eigenvalue weighted by molar-refractivity contribution is 5.72. The van der Waals surface area contributed by atoms with E-state index >= 15 is 0 Å². The highest BCUT2D eigenvalue weighted by Gasteiger charge is 2.12. The van der Waals surface area contributed by atoms with Crippen molar-refractivity contribution in [1.82, 2.24) is 0 Å². The standard InChI is InChI=1S/C19H19NO4/c21-19(24-13-14-6-9-18(10-7-14)20(22)23)12-15-5-8-16-3-1-2-4-17(16)11-15/h5-11H,1-4,12-13H2. The highest BCUT2D eigenvalue weighted by atomic mass is 16.6. The maximum absolute atomic E-state index is 12.0. The fourth-order valence-corrected chi connectivity index (χ4v) is 2.99. The van der Waals surface area contributed by atoms with Gasteiger partial charge in [0.1, 0.15) is 6.61 Å². The van der Waals surface area contributed by atoms with Gasteiger partial charge in [0.2, 0.25) is 0 Å². The summed E-state index contributed by atoms with van der Waals surface area (Å²) in [6.45, 7) is 0.127. The molecule has 0 fully saturated rings. The van der Waals surface area contributed by atoms with E-state index in [1.54, 1.807) is 12.1 Å². The Morgan fingerprint density at radius 2 is 1.67 bits per heavy atom. The molecule has 0 N–H and O–H groups in total. The number of nitro groups is 1. The van der Waals surface area contributed by atoms with Crippen LogP contribution in [0.4, 0.5) is 5.69 Å². The average Bonchev–Trinajstić information content (AvgIpc) is 2.60. The van der Waals surface area contributed by atoms with Gasteiger partial charge in [-0.2, -0.15) is 0 Å². The third kappa shape index (κ3) is 3.98. The number of ether oxygens (including phenoxy) is 1. The van der Waals surface area contributed by atoms with E-state index in [-0.39, 0.29) is 24.7 Å². The molecular weight excluding hydrogens is 306 g/mol. The molecule has 0 saturated carbocycles. The molecule has 5 heteroatoms. The van der Waals surface area contributed by atoms with Crippen molar-refractivity contribution in [3.63, 3.8) is 0 Å². The number of carbonyl (C=O) groups is 1. The number of rotatable bonds is 5. The summed E-state index contributed by atoms with van der Waals surface area (Å²) < 4.78 is 5.27. The molecule has 0 unspecified atom stereocenters. The second-order valence-corrected chi connectivity index (χ2v) is 6.07. The number of aryl methyl sites for hydroxylation is 2. The van der Waals surface area contributed by atoms with Crippen LogP contribution in [0, 0.1) is 10.1 Å². The molecule has 0 heterocycles. The first kappa shape index (κ1) is 16.2. The molecule has 24 heavy (non-hydrogen) atoms. The van der Waals surface area contributed by atoms with Crippen LogP contribution in [0.2, 0.25) is 0 Å². The minimum Gasteiger partial charge on any atom is -0.461 e. The molecule has 1 aliphatic rings. The molecule has 0 aliphatic heterocycles. The summed E-state index contributed by atoms with van der Waals surface area (Å²) in [6, 6.07) is 12.3. The zero-order valence-corrected chi connectivity index (χ0v) is 13.4. The van der Waals surface area contributed by atoms with Gasteiger partial charge in [-0.05, 0) is 60.1 Å². The fraction of sp³-hybridized carbons (Fsp3) is 0.316. The minimum atomic E-state index is -0.453. The van der Waals surface area contributed by atoms with Crippen molar-refractivity contribution < 1.29 is 14.5 Å². The number of hydrogen-bond acceptors (Lipinski definition) is 4. The van der Waals surface area contributed by atoms with Crippen molar-refractivity contribution in [3.05, 3.63) is 74.8 Å². The molecule has 0 amide bonds. The Labute approximate surface area is 140 Å². The normalized spacial score (nSPS) is 13.2. The van der Waals surface area contributed by atoms with Crippen molar-refractivity contribution in [2.75, 3.05) is 0 Å². The maximum Gasteiger partial charge on any atom is 0.310 e. The Kier molecular flexibility index (Phi) is 4.89. The Balaban J connectivity index is 1.55. The molecular formula is C19H19NO4. The van der Waals surface area contributed by atoms with E-state index in [0.717, 1.165) is 24.0 Å². The van der Waals surface area contributed by atoms with Gasteiger partial charge < -0.3 is 4.74 Å². The lowest BCUT2D eigenvalue weighted by atomic mass is 9.90. The lowest BCUT2D eigenvalue weighted by Crippen LogP contribution is -2.09. The largest absolute Gasteiger partial charge is 0.461 e. The number of non-ortho nitro benzene ring substituents is 1. The third-order valence-corrected chi connectivity index (χ3v) is 4.31. The summed E-state index contributed by atoms with van der Waals surface area (Å²) in [6.07, 6.45) is 4.91. The van der Waals surface area contributed by atoms with E-state index in [9.17, 15) is 14.9 Å². The molecule has 0 radical (unpaired) electrons. The number of benzene rings is 2. The van der Waals surface area contributed by atoms with Crippen molar-refractivity contribution >= 4 is 11.7 Å². The van der Waals surface area contributed by atoms with Gasteiger partial charge in [-0.25, -0.2) is 0 Å². The second-order valence-electron chi connectivity index (χ2n) is 6.07. The highest BCUT2D eigenvalue weighted by Crippen LogP contribution is 2.22. The zero-order valence-electron chi connectivity index (χ0n) is 13.4. The smallest absolute Gasteiger partial charge is 0.310 e. The number of hydrogen-bond donors (Lipinski definition) is 0. The van der Waals surface area contributed by atoms with Gasteiger partial charge in [-0.15, -0.1) is 0 Å². The summed E-state index contributed by atoms with van der Waals surface area (Å²) in [5, 5.41) is 10.6. The van der Waals surface area contributed by atoms with Crippen LogP contribution < -0.4 is 0 Å². The molecule has 0 bridgehead atoms. The molecule has 2 aromatic carbocycles. The number of nitro benzene ring substituents is 1. The number of esters is 1. The first-order valence-corrected chi connectivity index (χ1v) is 8.11. The maximum atomic E-state index is 12.0. The van der Waals surface area contributed by atoms with E-state index in [1.165, 1.54) is 36.1 Å². The second kappa shape index (κ2) is 7.25. The quantitative estimate of drug-likeness (QED) is 0.477. The van der Waals surface area contributed by atoms with Crippen molar-refractivity contribution in [1.29, 1.82) is 0 Å². The molecule has 0 spiro atoms. The molecule has 124 valence electrons. The SMILES string of the molecule is O=C(Cc1ccc2c(c1)CCCC2)OCc1ccc([N+](=O)[O-])cc1. The summed E-state index contributed by atoms with van der Waals surface area (Å²) in [5.74, 6) is -0.288. The first-order chi connectivity index (χ1) is 11.6. The monoisotopic (exact) mass is 325 g/mol. The lowest BCUT2D eigenvalue weighted by Gasteiger charge is -2.16. The molecule has 0 saturated heterocycles. The average molecular weight is 325 g/mol. The predicted molar refractivity (Wildman–Crippen MR) is 89.7 cm³/mol. The van der Waals surface area contributed by atoms with Crippen molar-refractivity contribution in [2.24, 2.45) is 0 Å². The van der Waals surface area contributed by atoms with Gasteiger partial charge in [-0.3, -0.25) is 14.9 Å². The van der Waals surface area contributed by atoms with E-state index < -0.39 is 4.92 Å². The summed E-state index contributed by atoms with van der Waals surface area (Å²) >= 11 is 0. The van der Waals surface area contributed by atoms with E-state index in [2.05, 4.69) is 12.1 Å². The van der Waals surface area contributed by atoms with Crippen molar-refractivity contribution in [2.45, 2.75) is 38.7 Å². The Bertz CT molecular complexity index is 752. The van der Waals surface area contributed by atoms with E-state index in [0.29, 0.717) is 0 Å². The number of carbonyl (C=O) groups excluding carboxylic acids is 1. The van der Waals surface area contributed by atoms with Crippen molar-refractivity contribution in [3.8, 4) is 0 Å². The fourth-order valence-electron chi connectivity index (χ4n) is 2.99. The number of fused-ring (bicyclic) bond motifs is 1. The number of nitrogens with zero attached hydrogens (tertiary/aromatic N) is 1. The van der Waals surface area contributed by atoms with Gasteiger partial charge in [-0.1, -0.05) is 18.2 Å². The van der Waals surface area contributed by atoms with E-state index in [4.69, 9.17) is 4.74 Å². The predicted octanol–water partition coefficient (Wildman–Crippen LogP) is 3.76. The van der Waals surface area contributed by atoms with Gasteiger partial charge in [0.15, 0.2) is 0 Å². The molecule has 3 rings (SSSR count). The van der Waals surface area contributed by atoms with Crippen LogP contribution in [-0.4, -0.2) is 10.9 Å². The molecule has 5 nitrogen and oxygen atoms in total. The van der Waals surface area contributed by atoms with Gasteiger partial charge in [0.25, 0.3) is 5.69 Å². The summed E-state index contributed by atoms with van der Waals surface area (Å²) in [4.78, 5) is 22.1. The molecule has 0 aromatic heterocycles. The zero-order chi connectivity index (χ0) is 16.9. The molecule has 2 aromatic rings. The van der Waals surface area contributed by atoms with E-state index in [1.807, 2.05) is 6.07 Å². The Morgan fingerprint density at radius 3 is 2.38 bits per heavy atom. The van der Waals surface area contributed by atoms with Crippen LogP contribution in [0.15, 0.2) is 42.5 Å². The van der Waals surface area contributed by atoms with Crippen LogP contribution in [0.25, 0.3) is 0 Å². The molecule has 0 atom stereocenters. The molecule has 1 aliphatic carbocycles. The van der Waals surface area contributed by atoms with Crippen LogP contribution >= 0.6 is 0 Å². The van der Waals surface area contributed by atoms with Crippen LogP contribution in [0.3, 0.4) is 0 Å². The van der Waals surface area contributed by atoms with Gasteiger partial charge >= 0.3 is 5.97 Å². The van der Waals surface area contributed by atoms with Gasteiger partial charge in [0, 0.05) is 12.1 Å². The Hall–Kier alpha value is -2.69. The van der Waals surface area contributed by atoms with Crippen LogP contribution in [0.5, 0.6) is 0 Å². The first-order valence-electron chi connectivity index (χ1n) is 8.11. The summed E-state index contributed by atoms with van der Waals surface area (Å²) in [5.41, 5.74) is 4.48. The van der Waals surface area contributed by atoms with Crippen LogP contribution in [-0.2, 0) is 35.4 Å². The van der Waals surface area contributed by atoms with Gasteiger partial charge in [0.05, 0.1) is 11.3 Å². The lowest BCUT2D eigenvalue weighted by molar-refractivity contribution is -0.384. The Morgan fingerprint density at radius 1 is 1.00 bits per heavy atom. The third-order valence-electron chi connectivity index (χ3n) is 4.31. The minimum absolute atomic E-state index is 0.0270. The topological polar surface area (TPSA) is 69.4 Å². The van der Waals surface area contributed by atoms with Crippen LogP contribution in [0.1, 0.15) is 35.1 Å². The summed E-state index contributed by atoms with van der Waals surface area (Å²) in [7, 11) is 0.